The van der Waals surface area contributed by atoms with Crippen LogP contribution in [0.2, 0.25) is 0 Å². The fraction of sp³-hybridized carbons (Fsp3) is 0.938. The molecule has 0 bridgehead atoms. The molecule has 1 aliphatic carbocycles. The zero-order valence-corrected chi connectivity index (χ0v) is 12.4. The van der Waals surface area contributed by atoms with E-state index in [1.165, 1.54) is 44.9 Å². The van der Waals surface area contributed by atoms with Gasteiger partial charge in [-0.15, -0.1) is 0 Å². The van der Waals surface area contributed by atoms with E-state index in [-0.39, 0.29) is 12.0 Å². The van der Waals surface area contributed by atoms with Gasteiger partial charge < -0.3 is 10.8 Å². The molecule has 1 fully saturated rings. The largest absolute Gasteiger partial charge is 0.481 e. The molecule has 0 amide bonds. The van der Waals surface area contributed by atoms with Crippen molar-refractivity contribution in [3.8, 4) is 0 Å². The number of unbranched alkanes of at least 4 members (excludes halogenated alkanes) is 3. The van der Waals surface area contributed by atoms with Crippen molar-refractivity contribution in [2.24, 2.45) is 17.6 Å². The van der Waals surface area contributed by atoms with Gasteiger partial charge in [0.2, 0.25) is 0 Å². The predicted molar refractivity (Wildman–Crippen MR) is 79.1 cm³/mol. The lowest BCUT2D eigenvalue weighted by molar-refractivity contribution is -0.142. The molecule has 1 aliphatic rings. The Bertz CT molecular complexity index is 249. The average molecular weight is 269 g/mol. The van der Waals surface area contributed by atoms with E-state index >= 15 is 0 Å². The van der Waals surface area contributed by atoms with E-state index in [0.29, 0.717) is 5.92 Å². The van der Waals surface area contributed by atoms with Crippen molar-refractivity contribution in [3.63, 3.8) is 0 Å². The van der Waals surface area contributed by atoms with Gasteiger partial charge >= 0.3 is 5.97 Å². The summed E-state index contributed by atoms with van der Waals surface area (Å²) in [7, 11) is 0. The zero-order valence-electron chi connectivity index (χ0n) is 12.4. The Hall–Kier alpha value is -0.570. The van der Waals surface area contributed by atoms with Gasteiger partial charge in [0.1, 0.15) is 0 Å². The van der Waals surface area contributed by atoms with Gasteiger partial charge in [-0.3, -0.25) is 4.79 Å². The molecular formula is C16H31NO2. The van der Waals surface area contributed by atoms with Crippen LogP contribution in [0.5, 0.6) is 0 Å². The molecule has 0 aromatic carbocycles. The van der Waals surface area contributed by atoms with Gasteiger partial charge in [0, 0.05) is 6.04 Å². The molecule has 112 valence electrons. The number of rotatable bonds is 9. The van der Waals surface area contributed by atoms with E-state index in [2.05, 4.69) is 6.92 Å². The molecule has 0 spiro atoms. The van der Waals surface area contributed by atoms with Crippen LogP contribution in [0, 0.1) is 11.8 Å². The molecule has 3 nitrogen and oxygen atoms in total. The van der Waals surface area contributed by atoms with Crippen LogP contribution in [-0.4, -0.2) is 17.1 Å². The molecule has 1 saturated carbocycles. The Morgan fingerprint density at radius 2 is 1.89 bits per heavy atom. The van der Waals surface area contributed by atoms with E-state index < -0.39 is 5.97 Å². The Balaban J connectivity index is 2.33. The molecular weight excluding hydrogens is 238 g/mol. The van der Waals surface area contributed by atoms with Crippen LogP contribution in [0.15, 0.2) is 0 Å². The first kappa shape index (κ1) is 16.5. The minimum atomic E-state index is -0.695. The highest BCUT2D eigenvalue weighted by Crippen LogP contribution is 2.29. The Morgan fingerprint density at radius 1 is 1.21 bits per heavy atom. The molecule has 0 radical (unpaired) electrons. The Morgan fingerprint density at radius 3 is 2.47 bits per heavy atom. The first-order valence-electron chi connectivity index (χ1n) is 8.13. The third-order valence-corrected chi connectivity index (χ3v) is 4.53. The van der Waals surface area contributed by atoms with Gasteiger partial charge in [-0.25, -0.2) is 0 Å². The highest BCUT2D eigenvalue weighted by Gasteiger charge is 2.27. The van der Waals surface area contributed by atoms with Crippen LogP contribution in [0.25, 0.3) is 0 Å². The maximum atomic E-state index is 11.4. The molecule has 0 aliphatic heterocycles. The molecule has 0 aromatic rings. The van der Waals surface area contributed by atoms with Gasteiger partial charge in [-0.1, -0.05) is 64.7 Å². The highest BCUT2D eigenvalue weighted by atomic mass is 16.4. The van der Waals surface area contributed by atoms with E-state index in [0.717, 1.165) is 25.7 Å². The normalized spacial score (nSPS) is 20.1. The first-order valence-corrected chi connectivity index (χ1v) is 8.13. The molecule has 0 saturated heterocycles. The number of carboxylic acids is 1. The monoisotopic (exact) mass is 269 g/mol. The first-order chi connectivity index (χ1) is 9.15. The Kier molecular flexibility index (Phi) is 8.11. The number of aliphatic carboxylic acids is 1. The summed E-state index contributed by atoms with van der Waals surface area (Å²) < 4.78 is 0. The second-order valence-corrected chi connectivity index (χ2v) is 6.20. The van der Waals surface area contributed by atoms with Crippen molar-refractivity contribution < 1.29 is 9.90 Å². The lowest BCUT2D eigenvalue weighted by Gasteiger charge is -2.27. The summed E-state index contributed by atoms with van der Waals surface area (Å²) in [5, 5.41) is 9.35. The van der Waals surface area contributed by atoms with Gasteiger partial charge in [0.15, 0.2) is 0 Å². The maximum absolute atomic E-state index is 11.4. The van der Waals surface area contributed by atoms with E-state index in [4.69, 9.17) is 5.73 Å². The van der Waals surface area contributed by atoms with Gasteiger partial charge in [0.25, 0.3) is 0 Å². The standard InChI is InChI=1S/C16H31NO2/c1-2-3-4-8-11-14(16(18)19)15(17)12-13-9-6-5-7-10-13/h13-15H,2-12,17H2,1H3,(H,18,19)/t14?,15-/m0/s1. The molecule has 0 aromatic heterocycles. The summed E-state index contributed by atoms with van der Waals surface area (Å²) in [4.78, 5) is 11.4. The third-order valence-electron chi connectivity index (χ3n) is 4.53. The van der Waals surface area contributed by atoms with E-state index in [1.807, 2.05) is 0 Å². The summed E-state index contributed by atoms with van der Waals surface area (Å²) in [6, 6.07) is -0.151. The second-order valence-electron chi connectivity index (χ2n) is 6.20. The second kappa shape index (κ2) is 9.35. The summed E-state index contributed by atoms with van der Waals surface area (Å²) in [6.07, 6.45) is 12.6. The van der Waals surface area contributed by atoms with Crippen LogP contribution in [0.3, 0.4) is 0 Å². The van der Waals surface area contributed by atoms with Crippen LogP contribution < -0.4 is 5.73 Å². The third kappa shape index (κ3) is 6.42. The summed E-state index contributed by atoms with van der Waals surface area (Å²) in [5.74, 6) is -0.361. The number of hydrogen-bond donors (Lipinski definition) is 2. The SMILES string of the molecule is CCCCCCC(C(=O)O)[C@@H](N)CC1CCCCC1. The fourth-order valence-electron chi connectivity index (χ4n) is 3.28. The minimum absolute atomic E-state index is 0.151. The van der Waals surface area contributed by atoms with Crippen molar-refractivity contribution in [2.45, 2.75) is 83.6 Å². The van der Waals surface area contributed by atoms with Crippen molar-refractivity contribution >= 4 is 5.97 Å². The number of carboxylic acid groups (broad SMARTS) is 1. The van der Waals surface area contributed by atoms with Gasteiger partial charge in [0.05, 0.1) is 5.92 Å². The number of nitrogens with two attached hydrogens (primary N) is 1. The van der Waals surface area contributed by atoms with Gasteiger partial charge in [-0.05, 0) is 18.8 Å². The van der Waals surface area contributed by atoms with Crippen molar-refractivity contribution in [1.29, 1.82) is 0 Å². The van der Waals surface area contributed by atoms with Crippen molar-refractivity contribution in [3.05, 3.63) is 0 Å². The molecule has 19 heavy (non-hydrogen) atoms. The van der Waals surface area contributed by atoms with Crippen LogP contribution in [0.1, 0.15) is 77.6 Å². The molecule has 2 atom stereocenters. The minimum Gasteiger partial charge on any atom is -0.481 e. The van der Waals surface area contributed by atoms with E-state index in [1.54, 1.807) is 0 Å². The van der Waals surface area contributed by atoms with Crippen LogP contribution in [0.4, 0.5) is 0 Å². The predicted octanol–water partition coefficient (Wildman–Crippen LogP) is 3.96. The fourth-order valence-corrected chi connectivity index (χ4v) is 3.28. The average Bonchev–Trinajstić information content (AvgIpc) is 2.39. The van der Waals surface area contributed by atoms with Crippen molar-refractivity contribution in [1.82, 2.24) is 0 Å². The lowest BCUT2D eigenvalue weighted by Crippen LogP contribution is -2.37. The van der Waals surface area contributed by atoms with Crippen LogP contribution in [-0.2, 0) is 4.79 Å². The lowest BCUT2D eigenvalue weighted by atomic mass is 9.81. The quantitative estimate of drug-likeness (QED) is 0.623. The van der Waals surface area contributed by atoms with E-state index in [9.17, 15) is 9.90 Å². The molecule has 1 rings (SSSR count). The molecule has 3 heteroatoms. The summed E-state index contributed by atoms with van der Waals surface area (Å²) >= 11 is 0. The number of hydrogen-bond acceptors (Lipinski definition) is 2. The highest BCUT2D eigenvalue weighted by molar-refractivity contribution is 5.70. The molecule has 0 heterocycles. The zero-order chi connectivity index (χ0) is 14.1. The smallest absolute Gasteiger partial charge is 0.308 e. The van der Waals surface area contributed by atoms with Crippen molar-refractivity contribution in [2.75, 3.05) is 0 Å². The molecule has 3 N–H and O–H groups in total. The molecule has 1 unspecified atom stereocenters. The number of carbonyl (C=O) groups is 1. The summed E-state index contributed by atoms with van der Waals surface area (Å²) in [6.45, 7) is 2.17. The van der Waals surface area contributed by atoms with Gasteiger partial charge in [-0.2, -0.15) is 0 Å². The summed E-state index contributed by atoms with van der Waals surface area (Å²) in [5.41, 5.74) is 6.18. The maximum Gasteiger partial charge on any atom is 0.308 e. The topological polar surface area (TPSA) is 63.3 Å². The van der Waals surface area contributed by atoms with Crippen LogP contribution >= 0.6 is 0 Å². The Labute approximate surface area is 118 Å².